The van der Waals surface area contributed by atoms with Crippen LogP contribution in [-0.2, 0) is 6.42 Å². The zero-order valence-corrected chi connectivity index (χ0v) is 9.96. The van der Waals surface area contributed by atoms with E-state index in [-0.39, 0.29) is 0 Å². The molecule has 80 valence electrons. The minimum Gasteiger partial charge on any atom is -0.261 e. The highest BCUT2D eigenvalue weighted by atomic mass is 14.7. The van der Waals surface area contributed by atoms with Crippen LogP contribution >= 0.6 is 0 Å². The molecule has 1 aromatic carbocycles. The van der Waals surface area contributed by atoms with E-state index in [4.69, 9.17) is 0 Å². The van der Waals surface area contributed by atoms with Gasteiger partial charge >= 0.3 is 0 Å². The number of hydrogen-bond acceptors (Lipinski definition) is 1. The van der Waals surface area contributed by atoms with Gasteiger partial charge in [0.1, 0.15) is 0 Å². The Morgan fingerprint density at radius 2 is 1.81 bits per heavy atom. The summed E-state index contributed by atoms with van der Waals surface area (Å²) < 4.78 is 0. The second kappa shape index (κ2) is 3.18. The molecule has 1 heterocycles. The molecule has 0 bridgehead atoms. The van der Waals surface area contributed by atoms with Gasteiger partial charge in [-0.15, -0.1) is 0 Å². The van der Waals surface area contributed by atoms with Crippen molar-refractivity contribution in [2.24, 2.45) is 0 Å². The third-order valence-corrected chi connectivity index (χ3v) is 3.52. The molecule has 0 radical (unpaired) electrons. The van der Waals surface area contributed by atoms with Crippen molar-refractivity contribution >= 4 is 0 Å². The van der Waals surface area contributed by atoms with Crippen LogP contribution in [0.3, 0.4) is 0 Å². The number of fused-ring (bicyclic) bond motifs is 3. The Labute approximate surface area is 96.2 Å². The van der Waals surface area contributed by atoms with Gasteiger partial charge in [0.25, 0.3) is 0 Å². The number of aryl methyl sites for hydroxylation is 3. The average Bonchev–Trinajstić information content (AvgIpc) is 2.63. The first kappa shape index (κ1) is 9.59. The highest BCUT2D eigenvalue weighted by molar-refractivity contribution is 5.80. The van der Waals surface area contributed by atoms with Crippen molar-refractivity contribution in [3.63, 3.8) is 0 Å². The van der Waals surface area contributed by atoms with E-state index in [1.54, 1.807) is 0 Å². The van der Waals surface area contributed by atoms with Crippen molar-refractivity contribution in [2.45, 2.75) is 27.2 Å². The Balaban J connectivity index is 2.35. The van der Waals surface area contributed by atoms with Crippen molar-refractivity contribution in [3.05, 3.63) is 52.3 Å². The van der Waals surface area contributed by atoms with E-state index in [0.29, 0.717) is 0 Å². The molecule has 3 rings (SSSR count). The molecule has 0 saturated carbocycles. The molecule has 0 aliphatic heterocycles. The normalized spacial score (nSPS) is 12.4. The molecular formula is C15H15N. The predicted octanol–water partition coefficient (Wildman–Crippen LogP) is 3.58. The molecule has 0 atom stereocenters. The summed E-state index contributed by atoms with van der Waals surface area (Å²) in [6.07, 6.45) is 3.08. The Hall–Kier alpha value is -1.63. The third kappa shape index (κ3) is 1.21. The molecular weight excluding hydrogens is 194 g/mol. The van der Waals surface area contributed by atoms with Gasteiger partial charge in [-0.25, -0.2) is 0 Å². The summed E-state index contributed by atoms with van der Waals surface area (Å²) in [6.45, 7) is 6.46. The first-order valence-corrected chi connectivity index (χ1v) is 5.72. The second-order valence-electron chi connectivity index (χ2n) is 4.71. The Bertz CT molecular complexity index is 582. The van der Waals surface area contributed by atoms with Crippen LogP contribution in [0, 0.1) is 20.8 Å². The Morgan fingerprint density at radius 3 is 2.62 bits per heavy atom. The number of benzene rings is 1. The van der Waals surface area contributed by atoms with Crippen molar-refractivity contribution in [2.75, 3.05) is 0 Å². The molecule has 16 heavy (non-hydrogen) atoms. The maximum absolute atomic E-state index is 4.39. The minimum atomic E-state index is 1.05. The third-order valence-electron chi connectivity index (χ3n) is 3.52. The fraction of sp³-hybridized carbons (Fsp3) is 0.267. The molecule has 1 heteroatoms. The monoisotopic (exact) mass is 209 g/mol. The molecule has 1 aliphatic rings. The number of hydrogen-bond donors (Lipinski definition) is 0. The zero-order valence-electron chi connectivity index (χ0n) is 9.96. The van der Waals surface area contributed by atoms with Gasteiger partial charge in [0.15, 0.2) is 0 Å². The molecule has 2 aromatic rings. The lowest BCUT2D eigenvalue weighted by Crippen LogP contribution is -1.88. The second-order valence-corrected chi connectivity index (χ2v) is 4.71. The van der Waals surface area contributed by atoms with Crippen molar-refractivity contribution < 1.29 is 0 Å². The largest absolute Gasteiger partial charge is 0.261 e. The molecule has 1 nitrogen and oxygen atoms in total. The van der Waals surface area contributed by atoms with Crippen LogP contribution in [0.1, 0.15) is 27.9 Å². The zero-order chi connectivity index (χ0) is 11.3. The molecule has 0 unspecified atom stereocenters. The molecule has 0 fully saturated rings. The van der Waals surface area contributed by atoms with Gasteiger partial charge in [0.2, 0.25) is 0 Å². The van der Waals surface area contributed by atoms with E-state index in [0.717, 1.165) is 12.1 Å². The van der Waals surface area contributed by atoms with Crippen LogP contribution in [0.5, 0.6) is 0 Å². The lowest BCUT2D eigenvalue weighted by molar-refractivity contribution is 1.14. The molecule has 1 aromatic heterocycles. The summed E-state index contributed by atoms with van der Waals surface area (Å²) in [5.74, 6) is 0. The van der Waals surface area contributed by atoms with E-state index in [9.17, 15) is 0 Å². The van der Waals surface area contributed by atoms with Gasteiger partial charge in [-0.1, -0.05) is 12.1 Å². The van der Waals surface area contributed by atoms with E-state index in [2.05, 4.69) is 44.0 Å². The summed E-state index contributed by atoms with van der Waals surface area (Å²) in [5.41, 5.74) is 9.58. The predicted molar refractivity (Wildman–Crippen MR) is 66.7 cm³/mol. The maximum atomic E-state index is 4.39. The smallest absolute Gasteiger partial charge is 0.0379 e. The Kier molecular flexibility index (Phi) is 1.90. The molecule has 0 saturated heterocycles. The standard InChI is InChI=1S/C15H15N/c1-9-4-5-10(2)15-13(9)7-12-8-16-11(3)6-14(12)15/h4-6,8H,7H2,1-3H3. The van der Waals surface area contributed by atoms with Gasteiger partial charge in [-0.2, -0.15) is 0 Å². The number of pyridine rings is 1. The highest BCUT2D eigenvalue weighted by Gasteiger charge is 2.21. The lowest BCUT2D eigenvalue weighted by Gasteiger charge is -2.08. The first-order valence-electron chi connectivity index (χ1n) is 5.72. The van der Waals surface area contributed by atoms with Crippen LogP contribution in [0.4, 0.5) is 0 Å². The number of aromatic nitrogens is 1. The highest BCUT2D eigenvalue weighted by Crippen LogP contribution is 2.40. The number of nitrogens with zero attached hydrogens (tertiary/aromatic N) is 1. The lowest BCUT2D eigenvalue weighted by atomic mass is 9.97. The summed E-state index contributed by atoms with van der Waals surface area (Å²) in [4.78, 5) is 4.39. The Morgan fingerprint density at radius 1 is 1.06 bits per heavy atom. The van der Waals surface area contributed by atoms with Gasteiger partial charge in [-0.05, 0) is 60.2 Å². The minimum absolute atomic E-state index is 1.05. The topological polar surface area (TPSA) is 12.9 Å². The average molecular weight is 209 g/mol. The summed E-state index contributed by atoms with van der Waals surface area (Å²) in [7, 11) is 0. The van der Waals surface area contributed by atoms with E-state index >= 15 is 0 Å². The SMILES string of the molecule is Cc1cc2c(cn1)Cc1c(C)ccc(C)c1-2. The summed E-state index contributed by atoms with van der Waals surface area (Å²) in [6, 6.07) is 6.66. The van der Waals surface area contributed by atoms with Crippen molar-refractivity contribution in [3.8, 4) is 11.1 Å². The fourth-order valence-corrected chi connectivity index (χ4v) is 2.62. The van der Waals surface area contributed by atoms with Crippen LogP contribution in [0.2, 0.25) is 0 Å². The van der Waals surface area contributed by atoms with Crippen molar-refractivity contribution in [1.82, 2.24) is 4.98 Å². The number of rotatable bonds is 0. The maximum Gasteiger partial charge on any atom is 0.0379 e. The van der Waals surface area contributed by atoms with Gasteiger partial charge < -0.3 is 0 Å². The van der Waals surface area contributed by atoms with Crippen LogP contribution < -0.4 is 0 Å². The van der Waals surface area contributed by atoms with E-state index < -0.39 is 0 Å². The molecule has 0 amide bonds. The quantitative estimate of drug-likeness (QED) is 0.551. The van der Waals surface area contributed by atoms with E-state index in [1.165, 1.54) is 33.4 Å². The van der Waals surface area contributed by atoms with Gasteiger partial charge in [-0.3, -0.25) is 4.98 Å². The van der Waals surface area contributed by atoms with Crippen molar-refractivity contribution in [1.29, 1.82) is 0 Å². The van der Waals surface area contributed by atoms with Crippen LogP contribution in [0.15, 0.2) is 24.4 Å². The summed E-state index contributed by atoms with van der Waals surface area (Å²) >= 11 is 0. The van der Waals surface area contributed by atoms with Crippen LogP contribution in [-0.4, -0.2) is 4.98 Å². The molecule has 0 spiro atoms. The first-order chi connectivity index (χ1) is 7.66. The molecule has 0 N–H and O–H groups in total. The summed E-state index contributed by atoms with van der Waals surface area (Å²) in [5, 5.41) is 0. The van der Waals surface area contributed by atoms with Gasteiger partial charge in [0, 0.05) is 18.3 Å². The fourth-order valence-electron chi connectivity index (χ4n) is 2.62. The van der Waals surface area contributed by atoms with E-state index in [1.807, 2.05) is 6.20 Å². The van der Waals surface area contributed by atoms with Crippen LogP contribution in [0.25, 0.3) is 11.1 Å². The van der Waals surface area contributed by atoms with Gasteiger partial charge in [0.05, 0.1) is 0 Å². The molecule has 1 aliphatic carbocycles.